The first-order valence-electron chi connectivity index (χ1n) is 8.32. The van der Waals surface area contributed by atoms with Gasteiger partial charge < -0.3 is 10.6 Å². The van der Waals surface area contributed by atoms with Gasteiger partial charge in [0.15, 0.2) is 0 Å². The van der Waals surface area contributed by atoms with Crippen LogP contribution in [0, 0.1) is 0 Å². The zero-order valence-electron chi connectivity index (χ0n) is 14.6. The molecule has 0 fully saturated rings. The lowest BCUT2D eigenvalue weighted by atomic mass is 10.1. The number of hydrogen-bond acceptors (Lipinski definition) is 4. The van der Waals surface area contributed by atoms with Crippen molar-refractivity contribution in [2.24, 2.45) is 7.05 Å². The molecule has 6 heteroatoms. The van der Waals surface area contributed by atoms with Crippen LogP contribution in [0.2, 0.25) is 0 Å². The number of benzene rings is 1. The highest BCUT2D eigenvalue weighted by atomic mass is 16.1. The fourth-order valence-corrected chi connectivity index (χ4v) is 2.52. The molecule has 1 aromatic carbocycles. The third-order valence-electron chi connectivity index (χ3n) is 3.87. The molecule has 1 amide bonds. The highest BCUT2D eigenvalue weighted by Gasteiger charge is 2.05. The number of nitrogens with zero attached hydrogens (tertiary/aromatic N) is 3. The van der Waals surface area contributed by atoms with E-state index in [1.807, 2.05) is 25.5 Å². The fourth-order valence-electron chi connectivity index (χ4n) is 2.52. The molecule has 3 rings (SSSR count). The zero-order chi connectivity index (χ0) is 18.4. The van der Waals surface area contributed by atoms with Gasteiger partial charge in [0.25, 0.3) is 5.91 Å². The number of anilines is 1. The summed E-state index contributed by atoms with van der Waals surface area (Å²) < 4.78 is 1.79. The molecule has 0 spiro atoms. The minimum Gasteiger partial charge on any atom is -0.366 e. The van der Waals surface area contributed by atoms with Crippen LogP contribution >= 0.6 is 0 Å². The normalized spacial score (nSPS) is 10.3. The number of rotatable bonds is 7. The van der Waals surface area contributed by atoms with Gasteiger partial charge in [0.2, 0.25) is 0 Å². The average Bonchev–Trinajstić information content (AvgIpc) is 3.11. The molecule has 2 heterocycles. The molecular weight excluding hydrogens is 326 g/mol. The molecule has 6 nitrogen and oxygen atoms in total. The van der Waals surface area contributed by atoms with Crippen molar-refractivity contribution < 1.29 is 4.79 Å². The van der Waals surface area contributed by atoms with E-state index in [0.717, 1.165) is 22.5 Å². The molecule has 0 aliphatic carbocycles. The Hall–Kier alpha value is -3.41. The van der Waals surface area contributed by atoms with Crippen LogP contribution in [0.3, 0.4) is 0 Å². The number of aromatic nitrogens is 3. The molecule has 0 bridgehead atoms. The van der Waals surface area contributed by atoms with Crippen molar-refractivity contribution in [2.75, 3.05) is 11.9 Å². The summed E-state index contributed by atoms with van der Waals surface area (Å²) in [6.07, 6.45) is 7.04. The number of aryl methyl sites for hydroxylation is 1. The Kier molecular flexibility index (Phi) is 5.43. The van der Waals surface area contributed by atoms with E-state index in [1.54, 1.807) is 29.1 Å². The Bertz CT molecular complexity index is 899. The average molecular weight is 347 g/mol. The van der Waals surface area contributed by atoms with Crippen molar-refractivity contribution >= 4 is 11.7 Å². The minimum atomic E-state index is -0.159. The van der Waals surface area contributed by atoms with Crippen LogP contribution in [-0.4, -0.2) is 27.2 Å². The summed E-state index contributed by atoms with van der Waals surface area (Å²) in [4.78, 5) is 16.1. The second kappa shape index (κ2) is 8.11. The van der Waals surface area contributed by atoms with Crippen LogP contribution in [0.1, 0.15) is 15.9 Å². The van der Waals surface area contributed by atoms with Crippen molar-refractivity contribution in [3.8, 4) is 11.1 Å². The van der Waals surface area contributed by atoms with E-state index in [1.165, 1.54) is 0 Å². The Balaban J connectivity index is 1.62. The van der Waals surface area contributed by atoms with Gasteiger partial charge in [0, 0.05) is 38.1 Å². The maximum Gasteiger partial charge on any atom is 0.253 e. The van der Waals surface area contributed by atoms with Gasteiger partial charge in [-0.2, -0.15) is 5.10 Å². The van der Waals surface area contributed by atoms with Gasteiger partial charge in [0.05, 0.1) is 11.8 Å². The minimum absolute atomic E-state index is 0.159. The predicted molar refractivity (Wildman–Crippen MR) is 103 cm³/mol. The molecular formula is C20H21N5O. The topological polar surface area (TPSA) is 71.8 Å². The summed E-state index contributed by atoms with van der Waals surface area (Å²) in [6, 6.07) is 11.8. The quantitative estimate of drug-likeness (QED) is 0.645. The van der Waals surface area contributed by atoms with Crippen LogP contribution < -0.4 is 10.6 Å². The largest absolute Gasteiger partial charge is 0.366 e. The maximum absolute atomic E-state index is 11.8. The number of carbonyl (C=O) groups is 1. The van der Waals surface area contributed by atoms with Gasteiger partial charge in [-0.05, 0) is 29.3 Å². The van der Waals surface area contributed by atoms with Crippen molar-refractivity contribution in [3.05, 3.63) is 78.8 Å². The number of amides is 1. The lowest BCUT2D eigenvalue weighted by molar-refractivity contribution is 0.0957. The first-order chi connectivity index (χ1) is 12.7. The van der Waals surface area contributed by atoms with E-state index in [2.05, 4.69) is 45.5 Å². The molecule has 3 aromatic rings. The van der Waals surface area contributed by atoms with Crippen LogP contribution in [0.15, 0.2) is 67.6 Å². The third-order valence-corrected chi connectivity index (χ3v) is 3.87. The first kappa shape index (κ1) is 17.4. The van der Waals surface area contributed by atoms with Gasteiger partial charge in [-0.3, -0.25) is 9.48 Å². The Morgan fingerprint density at radius 1 is 1.23 bits per heavy atom. The highest BCUT2D eigenvalue weighted by molar-refractivity contribution is 5.94. The van der Waals surface area contributed by atoms with Gasteiger partial charge in [-0.25, -0.2) is 4.98 Å². The molecule has 2 N–H and O–H groups in total. The number of nitrogens with one attached hydrogen (secondary N) is 2. The Morgan fingerprint density at radius 3 is 2.81 bits per heavy atom. The van der Waals surface area contributed by atoms with Gasteiger partial charge in [-0.1, -0.05) is 24.3 Å². The van der Waals surface area contributed by atoms with Crippen molar-refractivity contribution in [2.45, 2.75) is 6.54 Å². The summed E-state index contributed by atoms with van der Waals surface area (Å²) in [6.45, 7) is 4.65. The van der Waals surface area contributed by atoms with Crippen LogP contribution in [0.25, 0.3) is 11.1 Å². The summed E-state index contributed by atoms with van der Waals surface area (Å²) >= 11 is 0. The van der Waals surface area contributed by atoms with Crippen LogP contribution in [0.5, 0.6) is 0 Å². The van der Waals surface area contributed by atoms with Gasteiger partial charge in [-0.15, -0.1) is 6.58 Å². The lowest BCUT2D eigenvalue weighted by Gasteiger charge is -2.08. The van der Waals surface area contributed by atoms with E-state index < -0.39 is 0 Å². The molecule has 0 aliphatic rings. The molecule has 0 unspecified atom stereocenters. The molecule has 0 saturated carbocycles. The fraction of sp³-hybridized carbons (Fsp3) is 0.150. The lowest BCUT2D eigenvalue weighted by Crippen LogP contribution is -2.23. The van der Waals surface area contributed by atoms with Gasteiger partial charge in [0.1, 0.15) is 5.82 Å². The standard InChI is InChI=1S/C20H21N5O/c1-3-9-21-20(26)17-7-8-19(23-12-17)22-11-15-5-4-6-16(10-15)18-13-24-25(2)14-18/h3-8,10,12-14H,1,9,11H2,2H3,(H,21,26)(H,22,23). The molecule has 0 radical (unpaired) electrons. The molecule has 0 aliphatic heterocycles. The number of hydrogen-bond donors (Lipinski definition) is 2. The van der Waals surface area contributed by atoms with E-state index in [-0.39, 0.29) is 5.91 Å². The molecule has 132 valence electrons. The third kappa shape index (κ3) is 4.36. The highest BCUT2D eigenvalue weighted by Crippen LogP contribution is 2.20. The van der Waals surface area contributed by atoms with Gasteiger partial charge >= 0.3 is 0 Å². The monoisotopic (exact) mass is 347 g/mol. The van der Waals surface area contributed by atoms with Crippen LogP contribution in [0.4, 0.5) is 5.82 Å². The summed E-state index contributed by atoms with van der Waals surface area (Å²) in [5.41, 5.74) is 3.87. The zero-order valence-corrected chi connectivity index (χ0v) is 14.6. The molecule has 0 atom stereocenters. The summed E-state index contributed by atoms with van der Waals surface area (Å²) in [5.74, 6) is 0.560. The summed E-state index contributed by atoms with van der Waals surface area (Å²) in [7, 11) is 1.90. The molecule has 0 saturated heterocycles. The molecule has 2 aromatic heterocycles. The first-order valence-corrected chi connectivity index (χ1v) is 8.32. The van der Waals surface area contributed by atoms with Crippen molar-refractivity contribution in [3.63, 3.8) is 0 Å². The Labute approximate surface area is 152 Å². The second-order valence-electron chi connectivity index (χ2n) is 5.89. The van der Waals surface area contributed by atoms with E-state index >= 15 is 0 Å². The van der Waals surface area contributed by atoms with E-state index in [9.17, 15) is 4.79 Å². The second-order valence-corrected chi connectivity index (χ2v) is 5.89. The Morgan fingerprint density at radius 2 is 2.12 bits per heavy atom. The number of pyridine rings is 1. The van der Waals surface area contributed by atoms with E-state index in [0.29, 0.717) is 18.7 Å². The predicted octanol–water partition coefficient (Wildman–Crippen LogP) is 3.01. The smallest absolute Gasteiger partial charge is 0.253 e. The maximum atomic E-state index is 11.8. The van der Waals surface area contributed by atoms with E-state index in [4.69, 9.17) is 0 Å². The number of carbonyl (C=O) groups excluding carboxylic acids is 1. The molecule has 26 heavy (non-hydrogen) atoms. The van der Waals surface area contributed by atoms with Crippen molar-refractivity contribution in [1.29, 1.82) is 0 Å². The van der Waals surface area contributed by atoms with Crippen LogP contribution in [-0.2, 0) is 13.6 Å². The van der Waals surface area contributed by atoms with Crippen molar-refractivity contribution in [1.82, 2.24) is 20.1 Å². The summed E-state index contributed by atoms with van der Waals surface area (Å²) in [5, 5.41) is 10.2. The SMILES string of the molecule is C=CCNC(=O)c1ccc(NCc2cccc(-c3cnn(C)c3)c2)nc1.